The number of fused-ring (bicyclic) bond motifs is 1. The Bertz CT molecular complexity index is 789. The molecule has 4 heteroatoms. The second-order valence-corrected chi connectivity index (χ2v) is 8.01. The molecule has 1 aliphatic heterocycles. The number of hydrogen-bond acceptors (Lipinski definition) is 2. The van der Waals surface area contributed by atoms with Crippen LogP contribution in [0.25, 0.3) is 0 Å². The van der Waals surface area contributed by atoms with Crippen LogP contribution in [0, 0.1) is 5.92 Å². The first-order chi connectivity index (χ1) is 12.5. The number of carbonyl (C=O) groups excluding carboxylic acids is 1. The summed E-state index contributed by atoms with van der Waals surface area (Å²) >= 11 is 3.43. The van der Waals surface area contributed by atoms with Gasteiger partial charge in [-0.15, -0.1) is 0 Å². The molecule has 3 nitrogen and oxygen atoms in total. The van der Waals surface area contributed by atoms with Crippen LogP contribution in [0.15, 0.2) is 48.5 Å². The summed E-state index contributed by atoms with van der Waals surface area (Å²) in [7, 11) is 1.88. The topological polar surface area (TPSA) is 29.5 Å². The first kappa shape index (κ1) is 19.0. The van der Waals surface area contributed by atoms with Gasteiger partial charge in [-0.1, -0.05) is 60.1 Å². The Morgan fingerprint density at radius 1 is 1.19 bits per heavy atom. The summed E-state index contributed by atoms with van der Waals surface area (Å²) in [6.45, 7) is 4.94. The molecule has 1 unspecified atom stereocenters. The van der Waals surface area contributed by atoms with E-state index in [0.717, 1.165) is 35.2 Å². The van der Waals surface area contributed by atoms with Crippen molar-refractivity contribution < 1.29 is 9.53 Å². The number of benzene rings is 2. The van der Waals surface area contributed by atoms with Gasteiger partial charge in [-0.25, -0.2) is 0 Å². The van der Waals surface area contributed by atoms with Crippen LogP contribution in [0.5, 0.6) is 5.75 Å². The molecule has 0 saturated heterocycles. The van der Waals surface area contributed by atoms with Gasteiger partial charge in [0.15, 0.2) is 0 Å². The number of hydrogen-bond donors (Lipinski definition) is 0. The molecule has 0 bridgehead atoms. The summed E-state index contributed by atoms with van der Waals surface area (Å²) in [4.78, 5) is 15.3. The van der Waals surface area contributed by atoms with Gasteiger partial charge >= 0.3 is 0 Å². The van der Waals surface area contributed by atoms with Gasteiger partial charge in [-0.05, 0) is 48.1 Å². The normalized spacial score (nSPS) is 19.6. The van der Waals surface area contributed by atoms with Crippen molar-refractivity contribution in [2.75, 3.05) is 23.9 Å². The van der Waals surface area contributed by atoms with Crippen molar-refractivity contribution in [2.45, 2.75) is 32.1 Å². The van der Waals surface area contributed by atoms with Crippen LogP contribution in [0.1, 0.15) is 31.4 Å². The quantitative estimate of drug-likeness (QED) is 0.492. The molecule has 26 heavy (non-hydrogen) atoms. The molecule has 1 heterocycles. The second kappa shape index (κ2) is 7.83. The fraction of sp³-hybridized carbons (Fsp3) is 0.409. The van der Waals surface area contributed by atoms with Gasteiger partial charge in [0.05, 0.1) is 12.0 Å². The summed E-state index contributed by atoms with van der Waals surface area (Å²) in [5.41, 5.74) is 2.69. The molecule has 3 rings (SSSR count). The number of rotatable bonds is 6. The highest BCUT2D eigenvalue weighted by atomic mass is 79.9. The van der Waals surface area contributed by atoms with E-state index in [1.165, 1.54) is 5.56 Å². The third-order valence-electron chi connectivity index (χ3n) is 5.39. The molecule has 0 fully saturated rings. The number of nitrogens with zero attached hydrogens (tertiary/aromatic N) is 1. The van der Waals surface area contributed by atoms with Crippen molar-refractivity contribution in [3.63, 3.8) is 0 Å². The molecular formula is C22H26BrNO2. The lowest BCUT2D eigenvalue weighted by molar-refractivity contribution is -0.126. The Labute approximate surface area is 164 Å². The Morgan fingerprint density at radius 3 is 2.69 bits per heavy atom. The zero-order chi connectivity index (χ0) is 18.7. The molecule has 2 aromatic rings. The van der Waals surface area contributed by atoms with Crippen LogP contribution in [0.2, 0.25) is 0 Å². The van der Waals surface area contributed by atoms with E-state index >= 15 is 0 Å². The second-order valence-electron chi connectivity index (χ2n) is 7.21. The van der Waals surface area contributed by atoms with Gasteiger partial charge < -0.3 is 9.64 Å². The summed E-state index contributed by atoms with van der Waals surface area (Å²) in [6.07, 6.45) is 1.67. The minimum Gasteiger partial charge on any atom is -0.494 e. The Hall–Kier alpha value is -1.81. The predicted molar refractivity (Wildman–Crippen MR) is 110 cm³/mol. The number of likely N-dealkylation sites (N-methyl/N-ethyl adjacent to an activating group) is 1. The van der Waals surface area contributed by atoms with E-state index in [4.69, 9.17) is 4.74 Å². The molecule has 0 spiro atoms. The summed E-state index contributed by atoms with van der Waals surface area (Å²) in [5, 5.41) is 0.919. The fourth-order valence-electron chi connectivity index (χ4n) is 3.89. The monoisotopic (exact) mass is 415 g/mol. The van der Waals surface area contributed by atoms with Crippen LogP contribution in [-0.4, -0.2) is 24.9 Å². The highest BCUT2D eigenvalue weighted by Gasteiger charge is 2.48. The van der Waals surface area contributed by atoms with Crippen LogP contribution in [-0.2, 0) is 16.6 Å². The molecule has 0 aliphatic carbocycles. The average molecular weight is 416 g/mol. The van der Waals surface area contributed by atoms with E-state index in [2.05, 4.69) is 41.9 Å². The zero-order valence-corrected chi connectivity index (χ0v) is 17.3. The molecule has 1 aliphatic rings. The van der Waals surface area contributed by atoms with Gasteiger partial charge in [0, 0.05) is 18.1 Å². The van der Waals surface area contributed by atoms with Crippen molar-refractivity contribution in [2.24, 2.45) is 5.92 Å². The average Bonchev–Trinajstić information content (AvgIpc) is 2.65. The number of carbonyl (C=O) groups is 1. The number of alkyl halides is 1. The highest BCUT2D eigenvalue weighted by Crippen LogP contribution is 2.44. The number of amides is 1. The lowest BCUT2D eigenvalue weighted by atomic mass is 9.65. The van der Waals surface area contributed by atoms with Gasteiger partial charge in [-0.3, -0.25) is 4.79 Å². The van der Waals surface area contributed by atoms with Crippen molar-refractivity contribution >= 4 is 27.5 Å². The number of anilines is 1. The fourth-order valence-corrected chi connectivity index (χ4v) is 4.12. The largest absolute Gasteiger partial charge is 0.494 e. The molecular weight excluding hydrogens is 390 g/mol. The zero-order valence-electron chi connectivity index (χ0n) is 15.7. The molecule has 1 amide bonds. The summed E-state index contributed by atoms with van der Waals surface area (Å²) in [5.74, 6) is 1.16. The van der Waals surface area contributed by atoms with Crippen LogP contribution in [0.3, 0.4) is 0 Å². The summed E-state index contributed by atoms with van der Waals surface area (Å²) in [6, 6.07) is 16.3. The van der Waals surface area contributed by atoms with E-state index < -0.39 is 5.41 Å². The van der Waals surface area contributed by atoms with Crippen LogP contribution >= 0.6 is 15.9 Å². The minimum absolute atomic E-state index is 0.156. The number of para-hydroxylation sites is 1. The molecule has 0 aromatic heterocycles. The molecule has 138 valence electrons. The Balaban J connectivity index is 2.04. The van der Waals surface area contributed by atoms with E-state index in [1.807, 2.05) is 48.3 Å². The summed E-state index contributed by atoms with van der Waals surface area (Å²) < 4.78 is 5.88. The third-order valence-corrected chi connectivity index (χ3v) is 5.95. The lowest BCUT2D eigenvalue weighted by Gasteiger charge is -2.44. The Morgan fingerprint density at radius 2 is 1.96 bits per heavy atom. The van der Waals surface area contributed by atoms with Crippen molar-refractivity contribution in [1.29, 1.82) is 0 Å². The first-order valence-electron chi connectivity index (χ1n) is 9.16. The SMILES string of the molecule is CC(C)C1(c2cccc(OCCCBr)c2)Cc2ccccc2N(C)C1=O. The van der Waals surface area contributed by atoms with E-state index in [1.54, 1.807) is 0 Å². The van der Waals surface area contributed by atoms with E-state index in [9.17, 15) is 4.79 Å². The van der Waals surface area contributed by atoms with Crippen LogP contribution < -0.4 is 9.64 Å². The predicted octanol–water partition coefficient (Wildman–Crippen LogP) is 4.96. The van der Waals surface area contributed by atoms with Crippen molar-refractivity contribution in [1.82, 2.24) is 0 Å². The number of ether oxygens (including phenoxy) is 1. The van der Waals surface area contributed by atoms with E-state index in [0.29, 0.717) is 6.61 Å². The van der Waals surface area contributed by atoms with Crippen LogP contribution in [0.4, 0.5) is 5.69 Å². The van der Waals surface area contributed by atoms with E-state index in [-0.39, 0.29) is 11.8 Å². The third kappa shape index (κ3) is 3.27. The minimum atomic E-state index is -0.572. The maximum atomic E-state index is 13.5. The van der Waals surface area contributed by atoms with Gasteiger partial charge in [0.25, 0.3) is 0 Å². The molecule has 0 saturated carbocycles. The molecule has 1 atom stereocenters. The van der Waals surface area contributed by atoms with Crippen molar-refractivity contribution in [3.05, 3.63) is 59.7 Å². The maximum absolute atomic E-state index is 13.5. The van der Waals surface area contributed by atoms with Gasteiger partial charge in [0.2, 0.25) is 5.91 Å². The lowest BCUT2D eigenvalue weighted by Crippen LogP contribution is -2.53. The molecule has 2 aromatic carbocycles. The molecule has 0 N–H and O–H groups in total. The van der Waals surface area contributed by atoms with Gasteiger partial charge in [-0.2, -0.15) is 0 Å². The van der Waals surface area contributed by atoms with Gasteiger partial charge in [0.1, 0.15) is 5.75 Å². The van der Waals surface area contributed by atoms with Crippen molar-refractivity contribution in [3.8, 4) is 5.75 Å². The smallest absolute Gasteiger partial charge is 0.237 e. The Kier molecular flexibility index (Phi) is 5.71. The molecule has 0 radical (unpaired) electrons. The highest BCUT2D eigenvalue weighted by molar-refractivity contribution is 9.09. The maximum Gasteiger partial charge on any atom is 0.237 e. The number of halogens is 1. The standard InChI is InChI=1S/C22H26BrNO2/c1-16(2)22(18-9-6-10-19(14-18)26-13-7-12-23)15-17-8-4-5-11-20(17)24(3)21(22)25/h4-6,8-11,14,16H,7,12-13,15H2,1-3H3. The first-order valence-corrected chi connectivity index (χ1v) is 10.3.